The topological polar surface area (TPSA) is 70.9 Å². The van der Waals surface area contributed by atoms with Gasteiger partial charge >= 0.3 is 0 Å². The molecule has 1 unspecified atom stereocenters. The molecule has 2 amide bonds. The van der Waals surface area contributed by atoms with E-state index in [1.165, 1.54) is 11.8 Å². The Balaban J connectivity index is 1.57. The van der Waals surface area contributed by atoms with E-state index in [0.717, 1.165) is 30.5 Å². The van der Waals surface area contributed by atoms with Gasteiger partial charge in [-0.25, -0.2) is 4.99 Å². The van der Waals surface area contributed by atoms with E-state index in [0.29, 0.717) is 15.9 Å². The van der Waals surface area contributed by atoms with E-state index < -0.39 is 0 Å². The summed E-state index contributed by atoms with van der Waals surface area (Å²) in [6, 6.07) is 5.36. The van der Waals surface area contributed by atoms with Gasteiger partial charge in [0.15, 0.2) is 5.17 Å². The Morgan fingerprint density at radius 2 is 2.26 bits per heavy atom. The monoisotopic (exact) mass is 349 g/mol. The predicted octanol–water partition coefficient (Wildman–Crippen LogP) is 3.46. The molecule has 1 heterocycles. The summed E-state index contributed by atoms with van der Waals surface area (Å²) in [4.78, 5) is 32.3. The van der Waals surface area contributed by atoms with Crippen molar-refractivity contribution >= 4 is 51.7 Å². The zero-order valence-electron chi connectivity index (χ0n) is 12.6. The van der Waals surface area contributed by atoms with Crippen LogP contribution in [0.5, 0.6) is 0 Å². The van der Waals surface area contributed by atoms with Gasteiger partial charge < -0.3 is 5.32 Å². The van der Waals surface area contributed by atoms with Crippen molar-refractivity contribution in [2.45, 2.75) is 26.2 Å². The fraction of sp³-hybridized carbons (Fsp3) is 0.375. The Kier molecular flexibility index (Phi) is 4.82. The number of nitrogens with zero attached hydrogens (tertiary/aromatic N) is 2. The Labute approximate surface area is 143 Å². The van der Waals surface area contributed by atoms with Crippen LogP contribution >= 0.6 is 23.4 Å². The molecule has 1 N–H and O–H groups in total. The molecule has 1 saturated carbocycles. The van der Waals surface area contributed by atoms with Gasteiger partial charge in [-0.3, -0.25) is 9.59 Å². The summed E-state index contributed by atoms with van der Waals surface area (Å²) >= 11 is 7.21. The normalized spacial score (nSPS) is 19.9. The molecule has 0 spiro atoms. The SMILES string of the molecule is Cc1ccc(NC(=O)CSC2=NC(=O)C3CCCC3=N2)cc1Cl. The van der Waals surface area contributed by atoms with Gasteiger partial charge in [0.1, 0.15) is 0 Å². The summed E-state index contributed by atoms with van der Waals surface area (Å²) < 4.78 is 0. The number of benzene rings is 1. The van der Waals surface area contributed by atoms with E-state index in [9.17, 15) is 9.59 Å². The summed E-state index contributed by atoms with van der Waals surface area (Å²) in [5, 5.41) is 3.77. The fourth-order valence-corrected chi connectivity index (χ4v) is 3.46. The maximum absolute atomic E-state index is 12.0. The van der Waals surface area contributed by atoms with Crippen LogP contribution in [0.25, 0.3) is 0 Å². The second-order valence-electron chi connectivity index (χ2n) is 5.58. The maximum Gasteiger partial charge on any atom is 0.256 e. The number of thioether (sulfide) groups is 1. The number of anilines is 1. The summed E-state index contributed by atoms with van der Waals surface area (Å²) in [5.74, 6) is -0.276. The lowest BCUT2D eigenvalue weighted by atomic mass is 10.1. The molecule has 0 radical (unpaired) electrons. The number of aliphatic imine (C=N–C) groups is 2. The molecule has 0 bridgehead atoms. The third-order valence-electron chi connectivity index (χ3n) is 3.86. The minimum atomic E-state index is -0.182. The minimum absolute atomic E-state index is 0.122. The molecule has 7 heteroatoms. The third-order valence-corrected chi connectivity index (χ3v) is 5.11. The van der Waals surface area contributed by atoms with Crippen LogP contribution < -0.4 is 5.32 Å². The molecule has 1 aromatic carbocycles. The molecule has 2 aliphatic rings. The number of aryl methyl sites for hydroxylation is 1. The quantitative estimate of drug-likeness (QED) is 0.908. The van der Waals surface area contributed by atoms with Crippen molar-refractivity contribution in [1.82, 2.24) is 0 Å². The number of hydrogen-bond acceptors (Lipinski definition) is 4. The molecular formula is C16H16ClN3O2S. The molecule has 1 atom stereocenters. The first-order chi connectivity index (χ1) is 11.0. The maximum atomic E-state index is 12.0. The average Bonchev–Trinajstić information content (AvgIpc) is 2.98. The van der Waals surface area contributed by atoms with Crippen LogP contribution in [0.15, 0.2) is 28.2 Å². The Morgan fingerprint density at radius 3 is 3.04 bits per heavy atom. The van der Waals surface area contributed by atoms with Crippen molar-refractivity contribution < 1.29 is 9.59 Å². The zero-order chi connectivity index (χ0) is 16.4. The summed E-state index contributed by atoms with van der Waals surface area (Å²) in [7, 11) is 0. The Morgan fingerprint density at radius 1 is 1.43 bits per heavy atom. The predicted molar refractivity (Wildman–Crippen MR) is 94.5 cm³/mol. The largest absolute Gasteiger partial charge is 0.325 e. The van der Waals surface area contributed by atoms with Crippen LogP contribution in [0.3, 0.4) is 0 Å². The lowest BCUT2D eigenvalue weighted by Crippen LogP contribution is -2.24. The highest BCUT2D eigenvalue weighted by Gasteiger charge is 2.32. The minimum Gasteiger partial charge on any atom is -0.325 e. The van der Waals surface area contributed by atoms with Crippen molar-refractivity contribution in [1.29, 1.82) is 0 Å². The van der Waals surface area contributed by atoms with E-state index in [1.807, 2.05) is 13.0 Å². The molecule has 5 nitrogen and oxygen atoms in total. The third kappa shape index (κ3) is 3.82. The molecular weight excluding hydrogens is 334 g/mol. The van der Waals surface area contributed by atoms with Crippen molar-refractivity contribution in [3.8, 4) is 0 Å². The Bertz CT molecular complexity index is 730. The van der Waals surface area contributed by atoms with Crippen LogP contribution in [0.2, 0.25) is 5.02 Å². The number of halogens is 1. The van der Waals surface area contributed by atoms with Gasteiger partial charge in [0.05, 0.1) is 11.7 Å². The second-order valence-corrected chi connectivity index (χ2v) is 6.93. The van der Waals surface area contributed by atoms with Crippen LogP contribution in [-0.2, 0) is 9.59 Å². The van der Waals surface area contributed by atoms with Crippen molar-refractivity contribution in [2.75, 3.05) is 11.1 Å². The second kappa shape index (κ2) is 6.84. The van der Waals surface area contributed by atoms with E-state index in [4.69, 9.17) is 11.6 Å². The van der Waals surface area contributed by atoms with Gasteiger partial charge in [-0.2, -0.15) is 4.99 Å². The van der Waals surface area contributed by atoms with E-state index >= 15 is 0 Å². The van der Waals surface area contributed by atoms with Crippen LogP contribution in [0.1, 0.15) is 24.8 Å². The molecule has 3 rings (SSSR count). The van der Waals surface area contributed by atoms with Crippen molar-refractivity contribution in [3.63, 3.8) is 0 Å². The zero-order valence-corrected chi connectivity index (χ0v) is 14.2. The van der Waals surface area contributed by atoms with E-state index in [-0.39, 0.29) is 23.5 Å². The van der Waals surface area contributed by atoms with Gasteiger partial charge in [-0.05, 0) is 43.9 Å². The molecule has 23 heavy (non-hydrogen) atoms. The molecule has 1 aromatic rings. The van der Waals surface area contributed by atoms with Crippen LogP contribution in [0, 0.1) is 12.8 Å². The number of amidine groups is 1. The van der Waals surface area contributed by atoms with Crippen LogP contribution in [0.4, 0.5) is 5.69 Å². The highest BCUT2D eigenvalue weighted by Crippen LogP contribution is 2.28. The van der Waals surface area contributed by atoms with Crippen LogP contribution in [-0.4, -0.2) is 28.4 Å². The number of carbonyl (C=O) groups excluding carboxylic acids is 2. The number of hydrogen-bond donors (Lipinski definition) is 1. The van der Waals surface area contributed by atoms with E-state index in [2.05, 4.69) is 15.3 Å². The van der Waals surface area contributed by atoms with Gasteiger partial charge in [-0.1, -0.05) is 29.4 Å². The van der Waals surface area contributed by atoms with Gasteiger partial charge in [0.2, 0.25) is 5.91 Å². The van der Waals surface area contributed by atoms with Gasteiger partial charge in [-0.15, -0.1) is 0 Å². The van der Waals surface area contributed by atoms with Gasteiger partial charge in [0.25, 0.3) is 5.91 Å². The first-order valence-electron chi connectivity index (χ1n) is 7.42. The number of fused-ring (bicyclic) bond motifs is 1. The smallest absolute Gasteiger partial charge is 0.256 e. The molecule has 1 fully saturated rings. The molecule has 1 aliphatic heterocycles. The lowest BCUT2D eigenvalue weighted by molar-refractivity contribution is -0.119. The Hall–Kier alpha value is -1.66. The molecule has 0 saturated heterocycles. The number of amides is 2. The highest BCUT2D eigenvalue weighted by molar-refractivity contribution is 8.14. The molecule has 1 aliphatic carbocycles. The first kappa shape index (κ1) is 16.2. The summed E-state index contributed by atoms with van der Waals surface area (Å²) in [6.07, 6.45) is 2.68. The van der Waals surface area contributed by atoms with E-state index in [1.54, 1.807) is 12.1 Å². The lowest BCUT2D eigenvalue weighted by Gasteiger charge is -2.13. The number of carbonyl (C=O) groups is 2. The molecule has 120 valence electrons. The van der Waals surface area contributed by atoms with Crippen molar-refractivity contribution in [2.24, 2.45) is 15.9 Å². The standard InChI is InChI=1S/C16H16ClN3O2S/c1-9-5-6-10(7-12(9)17)18-14(21)8-23-16-19-13-4-2-3-11(13)15(22)20-16/h5-7,11H,2-4,8H2,1H3,(H,18,21). The average molecular weight is 350 g/mol. The number of rotatable bonds is 3. The first-order valence-corrected chi connectivity index (χ1v) is 8.78. The molecule has 0 aromatic heterocycles. The number of nitrogens with one attached hydrogen (secondary N) is 1. The fourth-order valence-electron chi connectivity index (χ4n) is 2.61. The summed E-state index contributed by atoms with van der Waals surface area (Å²) in [6.45, 7) is 1.90. The van der Waals surface area contributed by atoms with Gasteiger partial charge in [0, 0.05) is 16.4 Å². The summed E-state index contributed by atoms with van der Waals surface area (Å²) in [5.41, 5.74) is 2.52. The highest BCUT2D eigenvalue weighted by atomic mass is 35.5. The van der Waals surface area contributed by atoms with Crippen molar-refractivity contribution in [3.05, 3.63) is 28.8 Å².